The van der Waals surface area contributed by atoms with Crippen molar-refractivity contribution in [1.82, 2.24) is 14.5 Å². The third kappa shape index (κ3) is 7.01. The number of carbonyl (C=O) groups is 2. The Kier molecular flexibility index (Phi) is 9.57. The number of para-hydroxylation sites is 1. The van der Waals surface area contributed by atoms with Crippen molar-refractivity contribution in [3.8, 4) is 0 Å². The van der Waals surface area contributed by atoms with Gasteiger partial charge in [-0.3, -0.25) is 9.59 Å². The van der Waals surface area contributed by atoms with Crippen LogP contribution in [0.4, 0.5) is 10.1 Å². The van der Waals surface area contributed by atoms with E-state index in [0.717, 1.165) is 8.61 Å². The van der Waals surface area contributed by atoms with Gasteiger partial charge in [0.05, 0.1) is 5.69 Å². The average molecular weight is 493 g/mol. The van der Waals surface area contributed by atoms with Crippen molar-refractivity contribution in [1.29, 1.82) is 0 Å². The Morgan fingerprint density at radius 1 is 1.00 bits per heavy atom. The topological polar surface area (TPSA) is 90.0 Å². The molecule has 186 valence electrons. The van der Waals surface area contributed by atoms with Gasteiger partial charge in [0.25, 0.3) is 0 Å². The Labute approximate surface area is 201 Å². The minimum absolute atomic E-state index is 0.0127. The third-order valence-corrected chi connectivity index (χ3v) is 7.32. The summed E-state index contributed by atoms with van der Waals surface area (Å²) in [4.78, 5) is 27.7. The summed E-state index contributed by atoms with van der Waals surface area (Å²) < 4.78 is 41.5. The Morgan fingerprint density at radius 3 is 2.12 bits per heavy atom. The number of benzene rings is 2. The molecule has 0 saturated heterocycles. The minimum Gasteiger partial charge on any atom is -0.352 e. The number of carbonyl (C=O) groups excluding carboxylic acids is 2. The Bertz CT molecular complexity index is 1060. The second kappa shape index (κ2) is 11.9. The van der Waals surface area contributed by atoms with Crippen molar-refractivity contribution < 1.29 is 22.4 Å². The van der Waals surface area contributed by atoms with Gasteiger partial charge in [-0.25, -0.2) is 8.70 Å². The van der Waals surface area contributed by atoms with Crippen molar-refractivity contribution in [2.45, 2.75) is 45.8 Å². The molecule has 2 aromatic carbocycles. The van der Waals surface area contributed by atoms with Gasteiger partial charge in [-0.1, -0.05) is 37.3 Å². The summed E-state index contributed by atoms with van der Waals surface area (Å²) >= 11 is 0. The fraction of sp³-hybridized carbons (Fsp3) is 0.417. The fourth-order valence-corrected chi connectivity index (χ4v) is 4.20. The molecule has 0 aromatic heterocycles. The van der Waals surface area contributed by atoms with Crippen molar-refractivity contribution in [3.05, 3.63) is 66.0 Å². The van der Waals surface area contributed by atoms with Crippen LogP contribution in [0.15, 0.2) is 54.6 Å². The Balaban J connectivity index is 2.41. The van der Waals surface area contributed by atoms with Crippen molar-refractivity contribution in [2.75, 3.05) is 24.9 Å². The highest BCUT2D eigenvalue weighted by molar-refractivity contribution is 7.90. The molecule has 0 fully saturated rings. The monoisotopic (exact) mass is 492 g/mol. The van der Waals surface area contributed by atoms with Crippen molar-refractivity contribution >= 4 is 27.7 Å². The molecule has 0 heterocycles. The maximum atomic E-state index is 13.5. The molecule has 0 aliphatic rings. The van der Waals surface area contributed by atoms with E-state index in [1.54, 1.807) is 37.3 Å². The van der Waals surface area contributed by atoms with Gasteiger partial charge in [0.2, 0.25) is 11.8 Å². The molecule has 2 aromatic rings. The van der Waals surface area contributed by atoms with Crippen LogP contribution in [-0.2, 0) is 26.3 Å². The van der Waals surface area contributed by atoms with Crippen LogP contribution in [0, 0.1) is 5.82 Å². The first-order valence-corrected chi connectivity index (χ1v) is 12.5. The van der Waals surface area contributed by atoms with E-state index >= 15 is 0 Å². The van der Waals surface area contributed by atoms with Crippen LogP contribution in [0.1, 0.15) is 32.8 Å². The van der Waals surface area contributed by atoms with E-state index < -0.39 is 34.5 Å². The SMILES string of the molecule is CC[C@@H](C)NC(=O)[C@H](C)N(Cc1ccc(F)cc1)C(=O)CN(c1ccccc1)S(=O)(=O)N(C)C. The van der Waals surface area contributed by atoms with Crippen LogP contribution in [0.3, 0.4) is 0 Å². The van der Waals surface area contributed by atoms with E-state index in [9.17, 15) is 22.4 Å². The quantitative estimate of drug-likeness (QED) is 0.522. The zero-order chi connectivity index (χ0) is 25.5. The van der Waals surface area contributed by atoms with E-state index in [1.807, 2.05) is 13.8 Å². The van der Waals surface area contributed by atoms with E-state index in [0.29, 0.717) is 17.7 Å². The van der Waals surface area contributed by atoms with Gasteiger partial charge in [-0.2, -0.15) is 12.7 Å². The molecule has 0 aliphatic carbocycles. The molecule has 2 atom stereocenters. The summed E-state index contributed by atoms with van der Waals surface area (Å²) in [6.45, 7) is 4.89. The first-order chi connectivity index (χ1) is 16.0. The molecular formula is C24H33FN4O4S. The van der Waals surface area contributed by atoms with Crippen molar-refractivity contribution in [3.63, 3.8) is 0 Å². The smallest absolute Gasteiger partial charge is 0.304 e. The van der Waals surface area contributed by atoms with Gasteiger partial charge < -0.3 is 10.2 Å². The van der Waals surface area contributed by atoms with Crippen LogP contribution in [-0.4, -0.2) is 62.2 Å². The highest BCUT2D eigenvalue weighted by Crippen LogP contribution is 2.20. The number of hydrogen-bond acceptors (Lipinski definition) is 4. The molecule has 1 N–H and O–H groups in total. The zero-order valence-corrected chi connectivity index (χ0v) is 21.0. The zero-order valence-electron chi connectivity index (χ0n) is 20.2. The number of hydrogen-bond donors (Lipinski definition) is 1. The molecule has 2 amide bonds. The van der Waals surface area contributed by atoms with Gasteiger partial charge in [0.1, 0.15) is 18.4 Å². The molecule has 8 nitrogen and oxygen atoms in total. The predicted molar refractivity (Wildman–Crippen MR) is 131 cm³/mol. The average Bonchev–Trinajstić information content (AvgIpc) is 2.81. The normalized spacial score (nSPS) is 13.3. The lowest BCUT2D eigenvalue weighted by Crippen LogP contribution is -2.53. The lowest BCUT2D eigenvalue weighted by molar-refractivity contribution is -0.139. The molecule has 0 spiro atoms. The molecule has 0 radical (unpaired) electrons. The van der Waals surface area contributed by atoms with Crippen LogP contribution < -0.4 is 9.62 Å². The second-order valence-electron chi connectivity index (χ2n) is 8.27. The summed E-state index contributed by atoms with van der Waals surface area (Å²) in [6.07, 6.45) is 0.716. The molecule has 2 rings (SSSR count). The van der Waals surface area contributed by atoms with Gasteiger partial charge >= 0.3 is 10.2 Å². The summed E-state index contributed by atoms with van der Waals surface area (Å²) in [5.74, 6) is -1.34. The molecule has 0 bridgehead atoms. The minimum atomic E-state index is -4.00. The van der Waals surface area contributed by atoms with E-state index in [2.05, 4.69) is 5.32 Å². The lowest BCUT2D eigenvalue weighted by atomic mass is 10.1. The number of amides is 2. The van der Waals surface area contributed by atoms with Crippen molar-refractivity contribution in [2.24, 2.45) is 0 Å². The molecule has 34 heavy (non-hydrogen) atoms. The van der Waals surface area contributed by atoms with E-state index in [-0.39, 0.29) is 18.5 Å². The largest absolute Gasteiger partial charge is 0.352 e. The molecule has 10 heteroatoms. The van der Waals surface area contributed by atoms with Crippen LogP contribution >= 0.6 is 0 Å². The fourth-order valence-electron chi connectivity index (χ4n) is 3.15. The molecule has 0 saturated carbocycles. The van der Waals surface area contributed by atoms with Crippen LogP contribution in [0.2, 0.25) is 0 Å². The number of anilines is 1. The Hall–Kier alpha value is -2.98. The predicted octanol–water partition coefficient (Wildman–Crippen LogP) is 2.77. The lowest BCUT2D eigenvalue weighted by Gasteiger charge is -2.33. The third-order valence-electron chi connectivity index (χ3n) is 5.50. The number of nitrogens with one attached hydrogen (secondary N) is 1. The number of rotatable bonds is 11. The van der Waals surface area contributed by atoms with Gasteiger partial charge in [0.15, 0.2) is 0 Å². The first-order valence-electron chi connectivity index (χ1n) is 11.1. The maximum absolute atomic E-state index is 13.5. The van der Waals surface area contributed by atoms with E-state index in [1.165, 1.54) is 43.3 Å². The standard InChI is InChI=1S/C24H33FN4O4S/c1-6-18(2)26-24(31)19(3)28(16-20-12-14-21(25)15-13-20)23(30)17-29(34(32,33)27(4)5)22-10-8-7-9-11-22/h7-15,18-19H,6,16-17H2,1-5H3,(H,26,31)/t18-,19+/m1/s1. The summed E-state index contributed by atoms with van der Waals surface area (Å²) in [5.41, 5.74) is 0.933. The summed E-state index contributed by atoms with van der Waals surface area (Å²) in [7, 11) is -1.23. The van der Waals surface area contributed by atoms with Gasteiger partial charge in [-0.05, 0) is 50.1 Å². The van der Waals surface area contributed by atoms with Crippen LogP contribution in [0.25, 0.3) is 0 Å². The van der Waals surface area contributed by atoms with Gasteiger partial charge in [-0.15, -0.1) is 0 Å². The second-order valence-corrected chi connectivity index (χ2v) is 10.3. The van der Waals surface area contributed by atoms with E-state index in [4.69, 9.17) is 0 Å². The highest BCUT2D eigenvalue weighted by atomic mass is 32.2. The maximum Gasteiger partial charge on any atom is 0.304 e. The van der Waals surface area contributed by atoms with Gasteiger partial charge in [0, 0.05) is 26.7 Å². The van der Waals surface area contributed by atoms with Crippen LogP contribution in [0.5, 0.6) is 0 Å². The summed E-state index contributed by atoms with van der Waals surface area (Å²) in [6, 6.07) is 12.9. The molecule has 0 unspecified atom stereocenters. The summed E-state index contributed by atoms with van der Waals surface area (Å²) in [5, 5.41) is 2.86. The Morgan fingerprint density at radius 2 is 1.59 bits per heavy atom. The number of halogens is 1. The first kappa shape index (κ1) is 27.3. The highest BCUT2D eigenvalue weighted by Gasteiger charge is 2.32. The number of nitrogens with zero attached hydrogens (tertiary/aromatic N) is 3. The molecule has 0 aliphatic heterocycles. The molecular weight excluding hydrogens is 459 g/mol.